The van der Waals surface area contributed by atoms with E-state index in [1.165, 1.54) is 18.4 Å². The van der Waals surface area contributed by atoms with Gasteiger partial charge in [-0.25, -0.2) is 4.39 Å². The predicted molar refractivity (Wildman–Crippen MR) is 106 cm³/mol. The van der Waals surface area contributed by atoms with Crippen molar-refractivity contribution in [3.8, 4) is 0 Å². The molecule has 1 heterocycles. The van der Waals surface area contributed by atoms with Gasteiger partial charge in [0.25, 0.3) is 0 Å². The first-order valence-corrected chi connectivity index (χ1v) is 7.86. The van der Waals surface area contributed by atoms with Gasteiger partial charge in [-0.15, -0.1) is 24.0 Å². The van der Waals surface area contributed by atoms with Crippen molar-refractivity contribution in [1.82, 2.24) is 10.6 Å². The van der Waals surface area contributed by atoms with E-state index in [0.717, 1.165) is 10.0 Å². The van der Waals surface area contributed by atoms with Gasteiger partial charge in [0, 0.05) is 18.1 Å². The molecule has 0 saturated heterocycles. The number of nitrogens with one attached hydrogen (secondary N) is 2. The maximum Gasteiger partial charge on any atom is 0.191 e. The topological polar surface area (TPSA) is 69.8 Å². The number of guanidine groups is 1. The number of furan rings is 1. The van der Waals surface area contributed by atoms with Gasteiger partial charge >= 0.3 is 0 Å². The number of halogens is 3. The van der Waals surface area contributed by atoms with Gasteiger partial charge in [0.1, 0.15) is 17.2 Å². The van der Waals surface area contributed by atoms with E-state index >= 15 is 0 Å². The molecule has 1 aromatic carbocycles. The lowest BCUT2D eigenvalue weighted by Crippen LogP contribution is -2.44. The molecule has 3 N–H and O–H groups in total. The Bertz CT molecular complexity index is 678. The van der Waals surface area contributed by atoms with Crippen LogP contribution in [-0.4, -0.2) is 24.7 Å². The normalized spacial score (nSPS) is 13.8. The summed E-state index contributed by atoms with van der Waals surface area (Å²) in [6, 6.07) is 7.93. The van der Waals surface area contributed by atoms with E-state index in [2.05, 4.69) is 31.6 Å². The molecule has 0 spiro atoms. The molecule has 0 saturated carbocycles. The van der Waals surface area contributed by atoms with Gasteiger partial charge in [0.15, 0.2) is 5.96 Å². The molecule has 0 bridgehead atoms. The molecule has 0 aliphatic heterocycles. The van der Waals surface area contributed by atoms with Crippen molar-refractivity contribution in [2.45, 2.75) is 19.1 Å². The lowest BCUT2D eigenvalue weighted by atomic mass is 10.0. The monoisotopic (exact) mass is 511 g/mol. The van der Waals surface area contributed by atoms with E-state index in [-0.39, 0.29) is 36.3 Å². The number of benzene rings is 1. The fourth-order valence-electron chi connectivity index (χ4n) is 2.01. The fourth-order valence-corrected chi connectivity index (χ4v) is 2.39. The van der Waals surface area contributed by atoms with Crippen molar-refractivity contribution in [3.63, 3.8) is 0 Å². The lowest BCUT2D eigenvalue weighted by molar-refractivity contribution is 0.0386. The molecule has 1 atom stereocenters. The van der Waals surface area contributed by atoms with Crippen molar-refractivity contribution < 1.29 is 13.9 Å². The van der Waals surface area contributed by atoms with E-state index < -0.39 is 5.60 Å². The van der Waals surface area contributed by atoms with Gasteiger partial charge < -0.3 is 20.2 Å². The zero-order valence-corrected chi connectivity index (χ0v) is 17.3. The van der Waals surface area contributed by atoms with E-state index in [9.17, 15) is 9.50 Å². The standard InChI is InChI=1S/C16H19BrFN3O2.HI/c1-16(22,14-4-3-7-23-14)10-21-15(19-2)20-9-11-8-12(18)5-6-13(11)17;/h3-8,22H,9-10H2,1-2H3,(H2,19,20,21);1H. The highest BCUT2D eigenvalue weighted by molar-refractivity contribution is 14.0. The second-order valence-corrected chi connectivity index (χ2v) is 6.12. The summed E-state index contributed by atoms with van der Waals surface area (Å²) in [5.41, 5.74) is -0.397. The van der Waals surface area contributed by atoms with Crippen LogP contribution in [0, 0.1) is 5.82 Å². The molecule has 8 heteroatoms. The third-order valence-electron chi connectivity index (χ3n) is 3.33. The second-order valence-electron chi connectivity index (χ2n) is 5.27. The Balaban J connectivity index is 0.00000288. The van der Waals surface area contributed by atoms with E-state index in [1.54, 1.807) is 32.2 Å². The third kappa shape index (κ3) is 5.75. The summed E-state index contributed by atoms with van der Waals surface area (Å²) in [7, 11) is 1.62. The molecule has 24 heavy (non-hydrogen) atoms. The molecule has 0 aliphatic carbocycles. The highest BCUT2D eigenvalue weighted by Gasteiger charge is 2.26. The molecule has 1 aromatic heterocycles. The third-order valence-corrected chi connectivity index (χ3v) is 4.10. The summed E-state index contributed by atoms with van der Waals surface area (Å²) in [6.07, 6.45) is 1.51. The Morgan fingerprint density at radius 1 is 1.38 bits per heavy atom. The SMILES string of the molecule is CN=C(NCc1cc(F)ccc1Br)NCC(C)(O)c1ccco1.I. The molecule has 1 unspecified atom stereocenters. The minimum atomic E-state index is -1.17. The molecular formula is C16H20BrFIN3O2. The summed E-state index contributed by atoms with van der Waals surface area (Å²) in [5, 5.41) is 16.5. The quantitative estimate of drug-likeness (QED) is 0.327. The van der Waals surface area contributed by atoms with Crippen molar-refractivity contribution in [2.75, 3.05) is 13.6 Å². The van der Waals surface area contributed by atoms with Gasteiger partial charge in [-0.1, -0.05) is 15.9 Å². The average Bonchev–Trinajstić information content (AvgIpc) is 3.06. The smallest absolute Gasteiger partial charge is 0.191 e. The van der Waals surface area contributed by atoms with Gasteiger partial charge in [-0.05, 0) is 42.8 Å². The summed E-state index contributed by atoms with van der Waals surface area (Å²) in [5.74, 6) is 0.662. The van der Waals surface area contributed by atoms with Gasteiger partial charge in [-0.3, -0.25) is 4.99 Å². The molecular weight excluding hydrogens is 492 g/mol. The molecule has 5 nitrogen and oxygen atoms in total. The highest BCUT2D eigenvalue weighted by Crippen LogP contribution is 2.20. The largest absolute Gasteiger partial charge is 0.466 e. The Morgan fingerprint density at radius 3 is 2.75 bits per heavy atom. The zero-order valence-electron chi connectivity index (χ0n) is 13.3. The van der Waals surface area contributed by atoms with Crippen molar-refractivity contribution in [3.05, 3.63) is 58.2 Å². The lowest BCUT2D eigenvalue weighted by Gasteiger charge is -2.22. The Hall–Kier alpha value is -1.13. The number of hydrogen-bond donors (Lipinski definition) is 3. The Kier molecular flexibility index (Phi) is 8.17. The van der Waals surface area contributed by atoms with Crippen molar-refractivity contribution >= 4 is 45.9 Å². The maximum absolute atomic E-state index is 13.3. The fraction of sp³-hybridized carbons (Fsp3) is 0.312. The summed E-state index contributed by atoms with van der Waals surface area (Å²) in [6.45, 7) is 2.25. The van der Waals surface area contributed by atoms with Crippen LogP contribution >= 0.6 is 39.9 Å². The van der Waals surface area contributed by atoms with Crippen LogP contribution in [0.25, 0.3) is 0 Å². The summed E-state index contributed by atoms with van der Waals surface area (Å²) in [4.78, 5) is 4.08. The average molecular weight is 512 g/mol. The minimum absolute atomic E-state index is 0. The van der Waals surface area contributed by atoms with Gasteiger partial charge in [0.05, 0.1) is 12.8 Å². The number of rotatable bonds is 5. The van der Waals surface area contributed by atoms with Crippen LogP contribution < -0.4 is 10.6 Å². The first-order chi connectivity index (χ1) is 10.9. The van der Waals surface area contributed by atoms with Crippen LogP contribution in [0.1, 0.15) is 18.2 Å². The molecule has 2 rings (SSSR count). The number of nitrogens with zero attached hydrogens (tertiary/aromatic N) is 1. The number of aliphatic hydroxyl groups is 1. The van der Waals surface area contributed by atoms with Crippen LogP contribution in [0.15, 0.2) is 50.5 Å². The van der Waals surface area contributed by atoms with Crippen LogP contribution in [0.3, 0.4) is 0 Å². The minimum Gasteiger partial charge on any atom is -0.466 e. The van der Waals surface area contributed by atoms with E-state index in [1.807, 2.05) is 0 Å². The van der Waals surface area contributed by atoms with Gasteiger partial charge in [-0.2, -0.15) is 0 Å². The Labute approximate surface area is 165 Å². The maximum atomic E-state index is 13.3. The first-order valence-electron chi connectivity index (χ1n) is 7.07. The first kappa shape index (κ1) is 20.9. The summed E-state index contributed by atoms with van der Waals surface area (Å²) < 4.78 is 19.3. The molecule has 0 aliphatic rings. The summed E-state index contributed by atoms with van der Waals surface area (Å²) >= 11 is 3.38. The predicted octanol–water partition coefficient (Wildman–Crippen LogP) is 3.37. The molecule has 0 fully saturated rings. The van der Waals surface area contributed by atoms with E-state index in [4.69, 9.17) is 4.42 Å². The second kappa shape index (κ2) is 9.38. The number of hydrogen-bond acceptors (Lipinski definition) is 3. The zero-order chi connectivity index (χ0) is 16.9. The van der Waals surface area contributed by atoms with Crippen molar-refractivity contribution in [2.24, 2.45) is 4.99 Å². The Morgan fingerprint density at radius 2 is 2.12 bits per heavy atom. The van der Waals surface area contributed by atoms with Crippen LogP contribution in [0.5, 0.6) is 0 Å². The molecule has 0 amide bonds. The molecule has 0 radical (unpaired) electrons. The van der Waals surface area contributed by atoms with Crippen LogP contribution in [0.2, 0.25) is 0 Å². The van der Waals surface area contributed by atoms with Crippen LogP contribution in [-0.2, 0) is 12.1 Å². The highest BCUT2D eigenvalue weighted by atomic mass is 127. The van der Waals surface area contributed by atoms with E-state index in [0.29, 0.717) is 18.3 Å². The van der Waals surface area contributed by atoms with Gasteiger partial charge in [0.2, 0.25) is 0 Å². The molecule has 132 valence electrons. The number of aliphatic imine (C=N–C) groups is 1. The van der Waals surface area contributed by atoms with Crippen LogP contribution in [0.4, 0.5) is 4.39 Å². The van der Waals surface area contributed by atoms with Crippen molar-refractivity contribution in [1.29, 1.82) is 0 Å². The molecule has 2 aromatic rings.